The highest BCUT2D eigenvalue weighted by Crippen LogP contribution is 2.33. The second-order valence-electron chi connectivity index (χ2n) is 15.2. The molecule has 2 aliphatic heterocycles. The van der Waals surface area contributed by atoms with Gasteiger partial charge in [0.05, 0.1) is 35.2 Å². The summed E-state index contributed by atoms with van der Waals surface area (Å²) in [6.45, 7) is 18.9. The van der Waals surface area contributed by atoms with Crippen LogP contribution >= 0.6 is 93.1 Å². The SMILES string of the molecule is Cc1cn2c(I)cnc2c(N(COCC[Si](C)(C)C)c2cc(CN3CCCC3)ns2)n1.Cc1cn2c(I)cnc2c(Nc2cc(CN3CCCC3)ns2)n1.Cl.Cl. The lowest BCUT2D eigenvalue weighted by Crippen LogP contribution is -2.26. The highest BCUT2D eigenvalue weighted by atomic mass is 127. The third kappa shape index (κ3) is 11.7. The van der Waals surface area contributed by atoms with E-state index in [2.05, 4.69) is 125 Å². The summed E-state index contributed by atoms with van der Waals surface area (Å²) in [5.74, 6) is 1.61. The van der Waals surface area contributed by atoms with Crippen LogP contribution in [0.2, 0.25) is 25.7 Å². The third-order valence-corrected chi connectivity index (χ3v) is 14.3. The smallest absolute Gasteiger partial charge is 0.181 e. The molecule has 0 bridgehead atoms. The van der Waals surface area contributed by atoms with Gasteiger partial charge in [-0.2, -0.15) is 8.75 Å². The maximum Gasteiger partial charge on any atom is 0.181 e. The summed E-state index contributed by atoms with van der Waals surface area (Å²) in [6.07, 6.45) is 13.0. The molecule has 2 saturated heterocycles. The zero-order valence-electron chi connectivity index (χ0n) is 32.4. The molecular weight excluding hydrogens is 1030 g/mol. The van der Waals surface area contributed by atoms with Crippen molar-refractivity contribution in [1.29, 1.82) is 0 Å². The molecule has 56 heavy (non-hydrogen) atoms. The number of fused-ring (bicyclic) bond motifs is 2. The Labute approximate surface area is 377 Å². The average Bonchev–Trinajstić information content (AvgIpc) is 3.98. The maximum atomic E-state index is 6.17. The maximum absolute atomic E-state index is 6.17. The molecule has 0 unspecified atom stereocenters. The Bertz CT molecular complexity index is 2180. The van der Waals surface area contributed by atoms with Crippen LogP contribution < -0.4 is 10.2 Å². The summed E-state index contributed by atoms with van der Waals surface area (Å²) in [5, 5.41) is 5.45. The molecule has 0 saturated carbocycles. The van der Waals surface area contributed by atoms with Gasteiger partial charge in [0.15, 0.2) is 22.9 Å². The fraction of sp³-hybridized carbons (Fsp3) is 0.500. The van der Waals surface area contributed by atoms with Crippen LogP contribution in [0.5, 0.6) is 0 Å². The third-order valence-electron chi connectivity index (χ3n) is 9.37. The molecule has 0 aromatic carbocycles. The highest BCUT2D eigenvalue weighted by molar-refractivity contribution is 14.1. The largest absolute Gasteiger partial charge is 0.361 e. The molecule has 1 N–H and O–H groups in total. The second-order valence-corrected chi connectivity index (χ2v) is 24.6. The highest BCUT2D eigenvalue weighted by Gasteiger charge is 2.22. The van der Waals surface area contributed by atoms with E-state index >= 15 is 0 Å². The topological polar surface area (TPSA) is 117 Å². The zero-order valence-corrected chi connectivity index (χ0v) is 41.0. The fourth-order valence-electron chi connectivity index (χ4n) is 6.57. The van der Waals surface area contributed by atoms with Crippen LogP contribution in [0.1, 0.15) is 48.5 Å². The predicted molar refractivity (Wildman–Crippen MR) is 253 cm³/mol. The summed E-state index contributed by atoms with van der Waals surface area (Å²) >= 11 is 7.59. The number of aryl methyl sites for hydroxylation is 2. The number of likely N-dealkylation sites (tertiary alicyclic amines) is 2. The Morgan fingerprint density at radius 3 is 1.96 bits per heavy atom. The zero-order chi connectivity index (χ0) is 37.8. The van der Waals surface area contributed by atoms with Crippen LogP contribution in [-0.2, 0) is 17.8 Å². The fourth-order valence-corrected chi connectivity index (χ4v) is 9.75. The predicted octanol–water partition coefficient (Wildman–Crippen LogP) is 9.43. The van der Waals surface area contributed by atoms with Crippen LogP contribution in [0.4, 0.5) is 21.6 Å². The number of hydrogen-bond donors (Lipinski definition) is 1. The van der Waals surface area contributed by atoms with Crippen LogP contribution in [-0.4, -0.2) is 94.9 Å². The van der Waals surface area contributed by atoms with E-state index in [-0.39, 0.29) is 24.8 Å². The first-order valence-corrected chi connectivity index (χ1v) is 25.9. The van der Waals surface area contributed by atoms with Gasteiger partial charge in [-0.1, -0.05) is 19.6 Å². The van der Waals surface area contributed by atoms with Crippen molar-refractivity contribution in [2.45, 2.75) is 78.3 Å². The van der Waals surface area contributed by atoms with Crippen molar-refractivity contribution in [2.75, 3.05) is 49.7 Å². The molecule has 8 heterocycles. The standard InChI is InChI=1S/C21H31IN6OSSi.C15H17IN6S.2ClH/c1-16-13-27-18(22)12-23-20(27)21(24-16)28(15-29-9-10-31(2,3)4)19-11-17(25-30-19)14-26-7-5-6-8-26;1-10-8-22-12(16)7-17-15(22)14(18-10)19-13-6-11(20-23-13)9-21-4-2-3-5-21;;/h11-13H,5-10,14-15H2,1-4H3;6-8H,2-5,9H2,1H3,(H,18,19);2*1H. The summed E-state index contributed by atoms with van der Waals surface area (Å²) in [6, 6.07) is 5.46. The Kier molecular flexibility index (Phi) is 16.6. The van der Waals surface area contributed by atoms with Crippen molar-refractivity contribution in [1.82, 2.24) is 47.3 Å². The minimum Gasteiger partial charge on any atom is -0.361 e. The van der Waals surface area contributed by atoms with Crippen LogP contribution in [0.15, 0.2) is 36.9 Å². The van der Waals surface area contributed by atoms with Gasteiger partial charge in [0, 0.05) is 40.2 Å². The number of nitrogens with zero attached hydrogens (tertiary/aromatic N) is 11. The van der Waals surface area contributed by atoms with Crippen molar-refractivity contribution in [3.63, 3.8) is 0 Å². The molecule has 6 aromatic rings. The van der Waals surface area contributed by atoms with Crippen molar-refractivity contribution < 1.29 is 4.74 Å². The van der Waals surface area contributed by atoms with Crippen LogP contribution in [0.3, 0.4) is 0 Å². The van der Waals surface area contributed by atoms with Gasteiger partial charge in [-0.25, -0.2) is 19.9 Å². The lowest BCUT2D eigenvalue weighted by Gasteiger charge is -2.23. The number of nitrogens with one attached hydrogen (secondary N) is 1. The average molecular weight is 1080 g/mol. The Morgan fingerprint density at radius 1 is 0.786 bits per heavy atom. The number of halogens is 4. The van der Waals surface area contributed by atoms with E-state index in [1.165, 1.54) is 74.9 Å². The van der Waals surface area contributed by atoms with E-state index in [9.17, 15) is 0 Å². The van der Waals surface area contributed by atoms with E-state index in [1.54, 1.807) is 0 Å². The number of imidazole rings is 2. The lowest BCUT2D eigenvalue weighted by atomic mass is 10.3. The van der Waals surface area contributed by atoms with Gasteiger partial charge >= 0.3 is 0 Å². The van der Waals surface area contributed by atoms with E-state index < -0.39 is 8.07 Å². The number of rotatable bonds is 13. The van der Waals surface area contributed by atoms with Crippen LogP contribution in [0.25, 0.3) is 11.3 Å². The van der Waals surface area contributed by atoms with Gasteiger partial charge in [0.2, 0.25) is 0 Å². The van der Waals surface area contributed by atoms with Gasteiger partial charge in [-0.3, -0.25) is 23.5 Å². The van der Waals surface area contributed by atoms with Crippen molar-refractivity contribution >= 4 is 134 Å². The molecular formula is C36H50Cl2I2N12OS2Si. The lowest BCUT2D eigenvalue weighted by molar-refractivity contribution is 0.153. The Balaban J connectivity index is 0.000000215. The number of anilines is 4. The molecule has 0 radical (unpaired) electrons. The molecule has 8 rings (SSSR count). The van der Waals surface area contributed by atoms with Gasteiger partial charge in [0.1, 0.15) is 24.1 Å². The van der Waals surface area contributed by atoms with Crippen LogP contribution in [0, 0.1) is 21.2 Å². The molecule has 0 spiro atoms. The second kappa shape index (κ2) is 20.5. The molecule has 0 amide bonds. The van der Waals surface area contributed by atoms with Gasteiger partial charge in [-0.15, -0.1) is 24.8 Å². The Hall–Kier alpha value is -1.76. The monoisotopic (exact) mass is 1080 g/mol. The van der Waals surface area contributed by atoms with E-state index in [4.69, 9.17) is 14.1 Å². The summed E-state index contributed by atoms with van der Waals surface area (Å²) in [5.41, 5.74) is 5.84. The first-order valence-electron chi connectivity index (χ1n) is 18.5. The molecule has 304 valence electrons. The molecule has 2 fully saturated rings. The van der Waals surface area contributed by atoms with Crippen molar-refractivity contribution in [2.24, 2.45) is 0 Å². The van der Waals surface area contributed by atoms with Crippen molar-refractivity contribution in [3.8, 4) is 0 Å². The number of aromatic nitrogens is 8. The van der Waals surface area contributed by atoms with Gasteiger partial charge in [0.25, 0.3) is 0 Å². The first kappa shape index (κ1) is 45.3. The molecule has 6 aromatic heterocycles. The minimum absolute atomic E-state index is 0. The molecule has 20 heteroatoms. The summed E-state index contributed by atoms with van der Waals surface area (Å²) < 4.78 is 21.8. The summed E-state index contributed by atoms with van der Waals surface area (Å²) in [4.78, 5) is 25.6. The first-order chi connectivity index (χ1) is 26.0. The van der Waals surface area contributed by atoms with E-state index in [1.807, 2.05) is 38.6 Å². The minimum atomic E-state index is -1.15. The number of ether oxygens (including phenoxy) is 1. The van der Waals surface area contributed by atoms with Gasteiger partial charge in [-0.05, 0) is 152 Å². The molecule has 2 aliphatic rings. The van der Waals surface area contributed by atoms with Gasteiger partial charge < -0.3 is 10.1 Å². The molecule has 13 nitrogen and oxygen atoms in total. The number of hydrogen-bond acceptors (Lipinski definition) is 13. The normalized spacial score (nSPS) is 14.8. The molecule has 0 aliphatic carbocycles. The van der Waals surface area contributed by atoms with E-state index in [0.717, 1.165) is 88.8 Å². The Morgan fingerprint density at radius 2 is 1.34 bits per heavy atom. The molecule has 0 atom stereocenters. The quantitative estimate of drug-likeness (QED) is 0.0516. The summed E-state index contributed by atoms with van der Waals surface area (Å²) in [7, 11) is -1.15. The van der Waals surface area contributed by atoms with Crippen molar-refractivity contribution in [3.05, 3.63) is 67.1 Å². The van der Waals surface area contributed by atoms with E-state index in [0.29, 0.717) is 6.73 Å².